The normalized spacial score (nSPS) is 23.0. The van der Waals surface area contributed by atoms with Crippen LogP contribution in [0.4, 0.5) is 0 Å². The average Bonchev–Trinajstić information content (AvgIpc) is 3.40. The number of likely N-dealkylation sites (tertiary alicyclic amines) is 1. The predicted molar refractivity (Wildman–Crippen MR) is 122 cm³/mol. The minimum Gasteiger partial charge on any atom is -0.508 e. The van der Waals surface area contributed by atoms with Gasteiger partial charge >= 0.3 is 5.97 Å². The number of hydrogen-bond donors (Lipinski definition) is 3. The van der Waals surface area contributed by atoms with E-state index in [9.17, 15) is 24.3 Å². The molecule has 3 rings (SSSR count). The van der Waals surface area contributed by atoms with Gasteiger partial charge in [-0.1, -0.05) is 19.9 Å². The van der Waals surface area contributed by atoms with Gasteiger partial charge in [0.05, 0.1) is 6.42 Å². The van der Waals surface area contributed by atoms with Crippen molar-refractivity contribution in [2.24, 2.45) is 5.92 Å². The SMILES string of the molecule is CCO[C@@H]1OC(=O)C[C@H]1NC(=O)[C@@H]1CCCN1C(=O)[C@@H](NC(=O)c1cccc(O)c1C)C(C)C. The van der Waals surface area contributed by atoms with Gasteiger partial charge in [-0.15, -0.1) is 0 Å². The third kappa shape index (κ3) is 5.49. The number of phenols is 1. The number of cyclic esters (lactones) is 1. The lowest BCUT2D eigenvalue weighted by molar-refractivity contribution is -0.164. The molecular formula is C24H33N3O7. The van der Waals surface area contributed by atoms with Gasteiger partial charge in [-0.25, -0.2) is 0 Å². The second-order valence-corrected chi connectivity index (χ2v) is 8.97. The number of nitrogens with zero attached hydrogens (tertiary/aromatic N) is 1. The number of carbonyl (C=O) groups excluding carboxylic acids is 4. The van der Waals surface area contributed by atoms with Crippen LogP contribution in [0.1, 0.15) is 56.0 Å². The smallest absolute Gasteiger partial charge is 0.310 e. The molecule has 0 bridgehead atoms. The summed E-state index contributed by atoms with van der Waals surface area (Å²) in [5.74, 6) is -1.89. The molecule has 2 fully saturated rings. The molecule has 1 aromatic carbocycles. The zero-order chi connectivity index (χ0) is 25.0. The van der Waals surface area contributed by atoms with E-state index >= 15 is 0 Å². The van der Waals surface area contributed by atoms with E-state index in [4.69, 9.17) is 9.47 Å². The minimum absolute atomic E-state index is 0.00363. The Bertz CT molecular complexity index is 948. The molecule has 186 valence electrons. The third-order valence-corrected chi connectivity index (χ3v) is 6.23. The third-order valence-electron chi connectivity index (χ3n) is 6.23. The van der Waals surface area contributed by atoms with E-state index < -0.39 is 36.3 Å². The standard InChI is InChI=1S/C24H33N3O7/c1-5-33-24-16(12-19(29)34-24)25-22(31)17-9-7-11-27(17)23(32)20(13(2)3)26-21(30)15-8-6-10-18(28)14(15)4/h6,8,10,13,16-17,20,24,28H,5,7,9,11-12H2,1-4H3,(H,25,31)(H,26,30)/t16-,17+,20+,24-/m1/s1. The summed E-state index contributed by atoms with van der Waals surface area (Å²) < 4.78 is 10.5. The highest BCUT2D eigenvalue weighted by Crippen LogP contribution is 2.24. The van der Waals surface area contributed by atoms with E-state index in [-0.39, 0.29) is 35.5 Å². The molecule has 1 aromatic rings. The summed E-state index contributed by atoms with van der Waals surface area (Å²) in [6, 6.07) is 2.45. The van der Waals surface area contributed by atoms with Crippen LogP contribution in [0, 0.1) is 12.8 Å². The fourth-order valence-electron chi connectivity index (χ4n) is 4.33. The molecule has 34 heavy (non-hydrogen) atoms. The maximum absolute atomic E-state index is 13.5. The summed E-state index contributed by atoms with van der Waals surface area (Å²) in [7, 11) is 0. The number of aromatic hydroxyl groups is 1. The molecule has 0 aromatic heterocycles. The zero-order valence-electron chi connectivity index (χ0n) is 20.0. The van der Waals surface area contributed by atoms with Crippen LogP contribution < -0.4 is 10.6 Å². The molecule has 3 amide bonds. The van der Waals surface area contributed by atoms with Gasteiger partial charge in [0.25, 0.3) is 5.91 Å². The Kier molecular flexibility index (Phi) is 8.14. The first-order valence-corrected chi connectivity index (χ1v) is 11.6. The van der Waals surface area contributed by atoms with Crippen LogP contribution in [0.15, 0.2) is 18.2 Å². The number of rotatable bonds is 8. The highest BCUT2D eigenvalue weighted by Gasteiger charge is 2.42. The van der Waals surface area contributed by atoms with E-state index in [0.29, 0.717) is 31.6 Å². The first-order valence-electron chi connectivity index (χ1n) is 11.6. The van der Waals surface area contributed by atoms with Crippen LogP contribution in [0.3, 0.4) is 0 Å². The Morgan fingerprint density at radius 3 is 2.71 bits per heavy atom. The van der Waals surface area contributed by atoms with Crippen molar-refractivity contribution in [1.29, 1.82) is 0 Å². The number of esters is 1. The number of amides is 3. The maximum atomic E-state index is 13.5. The van der Waals surface area contributed by atoms with Gasteiger partial charge in [0, 0.05) is 24.3 Å². The van der Waals surface area contributed by atoms with Crippen molar-refractivity contribution < 1.29 is 33.8 Å². The van der Waals surface area contributed by atoms with Crippen LogP contribution in [-0.2, 0) is 23.9 Å². The summed E-state index contributed by atoms with van der Waals surface area (Å²) in [6.07, 6.45) is 0.275. The van der Waals surface area contributed by atoms with Gasteiger partial charge in [0.2, 0.25) is 18.1 Å². The quantitative estimate of drug-likeness (QED) is 0.482. The molecule has 10 nitrogen and oxygen atoms in total. The molecule has 10 heteroatoms. The molecule has 0 saturated carbocycles. The van der Waals surface area contributed by atoms with Crippen molar-refractivity contribution >= 4 is 23.7 Å². The van der Waals surface area contributed by atoms with Gasteiger partial charge in [0.15, 0.2) is 0 Å². The molecule has 2 aliphatic rings. The van der Waals surface area contributed by atoms with E-state index in [2.05, 4.69) is 10.6 Å². The lowest BCUT2D eigenvalue weighted by atomic mass is 10.0. The van der Waals surface area contributed by atoms with Crippen LogP contribution in [0.2, 0.25) is 0 Å². The number of benzene rings is 1. The van der Waals surface area contributed by atoms with Gasteiger partial charge in [-0.05, 0) is 44.7 Å². The molecule has 0 aliphatic carbocycles. The van der Waals surface area contributed by atoms with Gasteiger partial charge in [-0.2, -0.15) is 0 Å². The summed E-state index contributed by atoms with van der Waals surface area (Å²) in [4.78, 5) is 52.6. The fraction of sp³-hybridized carbons (Fsp3) is 0.583. The van der Waals surface area contributed by atoms with E-state index in [1.165, 1.54) is 11.0 Å². The largest absolute Gasteiger partial charge is 0.508 e. The molecular weight excluding hydrogens is 442 g/mol. The number of carbonyl (C=O) groups is 4. The number of nitrogens with one attached hydrogen (secondary N) is 2. The van der Waals surface area contributed by atoms with Crippen molar-refractivity contribution in [2.75, 3.05) is 13.2 Å². The minimum atomic E-state index is -0.852. The fourth-order valence-corrected chi connectivity index (χ4v) is 4.33. The van der Waals surface area contributed by atoms with Crippen LogP contribution in [0.25, 0.3) is 0 Å². The van der Waals surface area contributed by atoms with Crippen molar-refractivity contribution in [3.05, 3.63) is 29.3 Å². The highest BCUT2D eigenvalue weighted by atomic mass is 16.7. The Hall–Kier alpha value is -3.14. The second-order valence-electron chi connectivity index (χ2n) is 8.97. The molecule has 4 atom stereocenters. The second kappa shape index (κ2) is 10.9. The number of hydrogen-bond acceptors (Lipinski definition) is 7. The van der Waals surface area contributed by atoms with Crippen LogP contribution in [-0.4, -0.2) is 71.3 Å². The molecule has 2 heterocycles. The molecule has 0 radical (unpaired) electrons. The van der Waals surface area contributed by atoms with Crippen molar-refractivity contribution in [3.8, 4) is 5.75 Å². The lowest BCUT2D eigenvalue weighted by Gasteiger charge is -2.31. The lowest BCUT2D eigenvalue weighted by Crippen LogP contribution is -2.56. The monoisotopic (exact) mass is 475 g/mol. The highest BCUT2D eigenvalue weighted by molar-refractivity contribution is 6.00. The van der Waals surface area contributed by atoms with Crippen molar-refractivity contribution in [3.63, 3.8) is 0 Å². The summed E-state index contributed by atoms with van der Waals surface area (Å²) in [5.41, 5.74) is 0.701. The Morgan fingerprint density at radius 1 is 1.29 bits per heavy atom. The first-order chi connectivity index (χ1) is 16.1. The Balaban J connectivity index is 1.71. The summed E-state index contributed by atoms with van der Waals surface area (Å²) >= 11 is 0. The zero-order valence-corrected chi connectivity index (χ0v) is 20.0. The van der Waals surface area contributed by atoms with Gasteiger partial charge in [0.1, 0.15) is 23.9 Å². The first kappa shape index (κ1) is 25.5. The molecule has 3 N–H and O–H groups in total. The number of ether oxygens (including phenoxy) is 2. The van der Waals surface area contributed by atoms with E-state index in [1.54, 1.807) is 26.0 Å². The topological polar surface area (TPSA) is 134 Å². The van der Waals surface area contributed by atoms with Gasteiger partial charge < -0.3 is 30.1 Å². The molecule has 2 aliphatic heterocycles. The number of phenolic OH excluding ortho intramolecular Hbond substituents is 1. The Morgan fingerprint density at radius 2 is 2.03 bits per heavy atom. The molecule has 2 saturated heterocycles. The van der Waals surface area contributed by atoms with Crippen molar-refractivity contribution in [2.45, 2.75) is 71.4 Å². The Labute approximate surface area is 199 Å². The summed E-state index contributed by atoms with van der Waals surface area (Å²) in [6.45, 7) is 7.74. The van der Waals surface area contributed by atoms with E-state index in [1.807, 2.05) is 13.8 Å². The van der Waals surface area contributed by atoms with Crippen molar-refractivity contribution in [1.82, 2.24) is 15.5 Å². The molecule has 0 spiro atoms. The molecule has 0 unspecified atom stereocenters. The maximum Gasteiger partial charge on any atom is 0.310 e. The van der Waals surface area contributed by atoms with Gasteiger partial charge in [-0.3, -0.25) is 19.2 Å². The average molecular weight is 476 g/mol. The van der Waals surface area contributed by atoms with Crippen LogP contribution >= 0.6 is 0 Å². The van der Waals surface area contributed by atoms with E-state index in [0.717, 1.165) is 0 Å². The predicted octanol–water partition coefficient (Wildman–Crippen LogP) is 1.24. The van der Waals surface area contributed by atoms with Crippen LogP contribution in [0.5, 0.6) is 5.75 Å². The summed E-state index contributed by atoms with van der Waals surface area (Å²) in [5, 5.41) is 15.5.